The monoisotopic (exact) mass is 199 g/mol. The Morgan fingerprint density at radius 3 is 2.86 bits per heavy atom. The van der Waals surface area contributed by atoms with Crippen LogP contribution in [0.15, 0.2) is 12.7 Å². The molecule has 0 amide bonds. The molecule has 1 N–H and O–H groups in total. The molecule has 5 nitrogen and oxygen atoms in total. The third-order valence-corrected chi connectivity index (χ3v) is 2.03. The lowest BCUT2D eigenvalue weighted by Gasteiger charge is -2.08. The Morgan fingerprint density at radius 1 is 1.57 bits per heavy atom. The fraction of sp³-hybridized carbons (Fsp3) is 0.556. The van der Waals surface area contributed by atoms with E-state index in [4.69, 9.17) is 4.74 Å². The maximum atomic E-state index is 11.1. The number of rotatable bonds is 3. The molecule has 78 valence electrons. The fourth-order valence-electron chi connectivity index (χ4n) is 1.33. The van der Waals surface area contributed by atoms with E-state index in [-0.39, 0.29) is 18.1 Å². The molecular weight excluding hydrogens is 186 g/mol. The van der Waals surface area contributed by atoms with E-state index in [2.05, 4.69) is 16.6 Å². The Bertz CT molecular complexity index is 251. The van der Waals surface area contributed by atoms with Crippen LogP contribution in [0.4, 0.5) is 0 Å². The fourth-order valence-corrected chi connectivity index (χ4v) is 1.33. The molecule has 0 bridgehead atoms. The molecule has 0 aromatic carbocycles. The second-order valence-corrected chi connectivity index (χ2v) is 2.98. The van der Waals surface area contributed by atoms with Gasteiger partial charge in [0.1, 0.15) is 12.1 Å². The summed E-state index contributed by atoms with van der Waals surface area (Å²) in [5.41, 5.74) is 0. The Labute approximate surface area is 82.1 Å². The van der Waals surface area contributed by atoms with Crippen LogP contribution in [0, 0.1) is 0 Å². The molecular formula is C9H13NO4. The molecule has 0 saturated carbocycles. The van der Waals surface area contributed by atoms with E-state index in [1.807, 2.05) is 0 Å². The van der Waals surface area contributed by atoms with Crippen molar-refractivity contribution >= 4 is 11.9 Å². The van der Waals surface area contributed by atoms with E-state index >= 15 is 0 Å². The summed E-state index contributed by atoms with van der Waals surface area (Å²) in [6.07, 6.45) is 1.28. The van der Waals surface area contributed by atoms with Gasteiger partial charge in [-0.05, 0) is 0 Å². The number of carbonyl (C=O) groups excluding carboxylic acids is 2. The zero-order valence-corrected chi connectivity index (χ0v) is 7.99. The number of nitrogens with one attached hydrogen (secondary N) is 1. The van der Waals surface area contributed by atoms with E-state index in [0.717, 1.165) is 6.08 Å². The van der Waals surface area contributed by atoms with Crippen molar-refractivity contribution in [1.82, 2.24) is 5.32 Å². The number of hydrogen-bond acceptors (Lipinski definition) is 5. The van der Waals surface area contributed by atoms with Gasteiger partial charge in [-0.25, -0.2) is 4.79 Å². The lowest BCUT2D eigenvalue weighted by atomic mass is 10.2. The van der Waals surface area contributed by atoms with Crippen molar-refractivity contribution in [2.75, 3.05) is 13.7 Å². The minimum Gasteiger partial charge on any atom is -0.468 e. The number of carbonyl (C=O) groups is 2. The molecule has 0 spiro atoms. The summed E-state index contributed by atoms with van der Waals surface area (Å²) in [7, 11) is 1.33. The van der Waals surface area contributed by atoms with Crippen molar-refractivity contribution in [1.29, 1.82) is 0 Å². The van der Waals surface area contributed by atoms with E-state index in [0.29, 0.717) is 13.0 Å². The van der Waals surface area contributed by atoms with Crippen molar-refractivity contribution in [3.63, 3.8) is 0 Å². The maximum Gasteiger partial charge on any atom is 0.330 e. The number of esters is 2. The molecule has 2 atom stereocenters. The first kappa shape index (κ1) is 10.7. The Kier molecular flexibility index (Phi) is 3.64. The van der Waals surface area contributed by atoms with Gasteiger partial charge in [0.2, 0.25) is 0 Å². The summed E-state index contributed by atoms with van der Waals surface area (Å²) in [6.45, 7) is 3.76. The lowest BCUT2D eigenvalue weighted by Crippen LogP contribution is -2.31. The minimum absolute atomic E-state index is 0.274. The van der Waals surface area contributed by atoms with E-state index in [9.17, 15) is 9.59 Å². The topological polar surface area (TPSA) is 64.6 Å². The lowest BCUT2D eigenvalue weighted by molar-refractivity contribution is -0.145. The summed E-state index contributed by atoms with van der Waals surface area (Å²) in [4.78, 5) is 21.9. The van der Waals surface area contributed by atoms with E-state index in [1.165, 1.54) is 7.11 Å². The van der Waals surface area contributed by atoms with Gasteiger partial charge < -0.3 is 14.8 Å². The molecule has 1 aliphatic heterocycles. The highest BCUT2D eigenvalue weighted by Gasteiger charge is 2.31. The van der Waals surface area contributed by atoms with Gasteiger partial charge in [-0.1, -0.05) is 6.58 Å². The largest absolute Gasteiger partial charge is 0.468 e. The van der Waals surface area contributed by atoms with Crippen LogP contribution >= 0.6 is 0 Å². The molecule has 1 fully saturated rings. The van der Waals surface area contributed by atoms with E-state index in [1.54, 1.807) is 0 Å². The molecule has 0 aromatic heterocycles. The molecule has 1 heterocycles. The molecule has 0 aromatic rings. The van der Waals surface area contributed by atoms with Crippen molar-refractivity contribution in [3.05, 3.63) is 12.7 Å². The number of ether oxygens (including phenoxy) is 2. The van der Waals surface area contributed by atoms with Crippen LogP contribution in [0.5, 0.6) is 0 Å². The number of methoxy groups -OCH3 is 1. The average molecular weight is 199 g/mol. The second kappa shape index (κ2) is 4.76. The van der Waals surface area contributed by atoms with Gasteiger partial charge in [0.15, 0.2) is 0 Å². The van der Waals surface area contributed by atoms with Crippen LogP contribution in [-0.2, 0) is 19.1 Å². The van der Waals surface area contributed by atoms with Crippen LogP contribution in [0.1, 0.15) is 6.42 Å². The van der Waals surface area contributed by atoms with Crippen LogP contribution < -0.4 is 5.32 Å². The number of hydrogen-bond donors (Lipinski definition) is 1. The van der Waals surface area contributed by atoms with Crippen molar-refractivity contribution in [3.8, 4) is 0 Å². The zero-order chi connectivity index (χ0) is 10.6. The van der Waals surface area contributed by atoms with Gasteiger partial charge in [0.05, 0.1) is 7.11 Å². The van der Waals surface area contributed by atoms with Crippen molar-refractivity contribution < 1.29 is 19.1 Å². The molecule has 0 aliphatic carbocycles. The summed E-state index contributed by atoms with van der Waals surface area (Å²) < 4.78 is 9.51. The zero-order valence-electron chi connectivity index (χ0n) is 7.99. The van der Waals surface area contributed by atoms with E-state index < -0.39 is 5.97 Å². The van der Waals surface area contributed by atoms with Crippen LogP contribution in [0.25, 0.3) is 0 Å². The first-order valence-corrected chi connectivity index (χ1v) is 4.31. The highest BCUT2D eigenvalue weighted by molar-refractivity contribution is 5.81. The summed E-state index contributed by atoms with van der Waals surface area (Å²) in [5.74, 6) is -0.801. The van der Waals surface area contributed by atoms with Gasteiger partial charge >= 0.3 is 11.9 Å². The highest BCUT2D eigenvalue weighted by atomic mass is 16.5. The molecule has 5 heteroatoms. The molecule has 1 saturated heterocycles. The molecule has 0 unspecified atom stereocenters. The second-order valence-electron chi connectivity index (χ2n) is 2.98. The third kappa shape index (κ3) is 2.56. The predicted molar refractivity (Wildman–Crippen MR) is 48.5 cm³/mol. The quantitative estimate of drug-likeness (QED) is 0.496. The first-order chi connectivity index (χ1) is 6.67. The normalized spacial score (nSPS) is 25.5. The average Bonchev–Trinajstić information content (AvgIpc) is 2.65. The van der Waals surface area contributed by atoms with Gasteiger partial charge in [-0.3, -0.25) is 4.79 Å². The SMILES string of the molecule is C=CC(=O)O[C@@H]1CN[C@H](C(=O)OC)C1. The summed E-state index contributed by atoms with van der Waals surface area (Å²) in [6, 6.07) is -0.373. The van der Waals surface area contributed by atoms with Crippen LogP contribution in [-0.4, -0.2) is 37.7 Å². The molecule has 1 rings (SSSR count). The summed E-state index contributed by atoms with van der Waals surface area (Å²) >= 11 is 0. The third-order valence-electron chi connectivity index (χ3n) is 2.03. The Balaban J connectivity index is 2.37. The minimum atomic E-state index is -0.470. The molecule has 1 aliphatic rings. The van der Waals surface area contributed by atoms with Crippen molar-refractivity contribution in [2.45, 2.75) is 18.6 Å². The Hall–Kier alpha value is -1.36. The van der Waals surface area contributed by atoms with Gasteiger partial charge in [-0.2, -0.15) is 0 Å². The first-order valence-electron chi connectivity index (χ1n) is 4.31. The summed E-state index contributed by atoms with van der Waals surface area (Å²) in [5, 5.41) is 2.90. The Morgan fingerprint density at radius 2 is 2.29 bits per heavy atom. The van der Waals surface area contributed by atoms with Crippen molar-refractivity contribution in [2.24, 2.45) is 0 Å². The maximum absolute atomic E-state index is 11.1. The van der Waals surface area contributed by atoms with Gasteiger partial charge in [0, 0.05) is 19.0 Å². The molecule has 0 radical (unpaired) electrons. The molecule has 14 heavy (non-hydrogen) atoms. The van der Waals surface area contributed by atoms with Crippen LogP contribution in [0.2, 0.25) is 0 Å². The smallest absolute Gasteiger partial charge is 0.330 e. The standard InChI is InChI=1S/C9H13NO4/c1-3-8(11)14-6-4-7(10-5-6)9(12)13-2/h3,6-7,10H,1,4-5H2,2H3/t6-,7-/m0/s1. The highest BCUT2D eigenvalue weighted by Crippen LogP contribution is 2.11. The van der Waals surface area contributed by atoms with Crippen LogP contribution in [0.3, 0.4) is 0 Å². The van der Waals surface area contributed by atoms with Gasteiger partial charge in [-0.15, -0.1) is 0 Å². The predicted octanol–water partition coefficient (Wildman–Crippen LogP) is -0.381. The van der Waals surface area contributed by atoms with Gasteiger partial charge in [0.25, 0.3) is 0 Å².